The quantitative estimate of drug-likeness (QED) is 0.869. The van der Waals surface area contributed by atoms with Gasteiger partial charge in [-0.05, 0) is 36.8 Å². The topological polar surface area (TPSA) is 39.7 Å². The van der Waals surface area contributed by atoms with Crippen LogP contribution in [0.5, 0.6) is 0 Å². The molecule has 1 aromatic heterocycles. The average molecular weight is 324 g/mol. The predicted octanol–water partition coefficient (Wildman–Crippen LogP) is 2.42. The largest absolute Gasteiger partial charge is 0.368 e. The zero-order valence-electron chi connectivity index (χ0n) is 14.6. The minimum atomic E-state index is 0.0163. The highest BCUT2D eigenvalue weighted by Gasteiger charge is 2.23. The predicted molar refractivity (Wildman–Crippen MR) is 97.9 cm³/mol. The molecule has 1 aromatic carbocycles. The highest BCUT2D eigenvalue weighted by molar-refractivity contribution is 5.92. The summed E-state index contributed by atoms with van der Waals surface area (Å²) in [6.07, 6.45) is 0. The van der Waals surface area contributed by atoms with Gasteiger partial charge in [-0.25, -0.2) is 4.98 Å². The maximum absolute atomic E-state index is 12.7. The first-order chi connectivity index (χ1) is 11.5. The van der Waals surface area contributed by atoms with Gasteiger partial charge in [-0.15, -0.1) is 0 Å². The first-order valence-corrected chi connectivity index (χ1v) is 8.30. The van der Waals surface area contributed by atoms with E-state index in [2.05, 4.69) is 41.1 Å². The van der Waals surface area contributed by atoms with Crippen LogP contribution in [-0.4, -0.2) is 56.1 Å². The van der Waals surface area contributed by atoms with Crippen molar-refractivity contribution in [1.82, 2.24) is 9.88 Å². The van der Waals surface area contributed by atoms with Gasteiger partial charge in [0.05, 0.1) is 0 Å². The number of amides is 1. The van der Waals surface area contributed by atoms with Crippen molar-refractivity contribution in [3.8, 4) is 0 Å². The number of aryl methyl sites for hydroxylation is 1. The molecule has 24 heavy (non-hydrogen) atoms. The van der Waals surface area contributed by atoms with Crippen molar-refractivity contribution in [3.05, 3.63) is 53.7 Å². The van der Waals surface area contributed by atoms with E-state index in [-0.39, 0.29) is 5.91 Å². The van der Waals surface area contributed by atoms with E-state index in [1.54, 1.807) is 6.07 Å². The summed E-state index contributed by atoms with van der Waals surface area (Å²) >= 11 is 0. The van der Waals surface area contributed by atoms with Gasteiger partial charge < -0.3 is 14.7 Å². The van der Waals surface area contributed by atoms with Gasteiger partial charge >= 0.3 is 0 Å². The Morgan fingerprint density at radius 1 is 1.04 bits per heavy atom. The summed E-state index contributed by atoms with van der Waals surface area (Å²) in [6.45, 7) is 5.25. The molecule has 0 atom stereocenters. The van der Waals surface area contributed by atoms with Crippen LogP contribution < -0.4 is 9.80 Å². The Morgan fingerprint density at radius 3 is 2.42 bits per heavy atom. The second-order valence-corrected chi connectivity index (χ2v) is 6.39. The number of carbonyl (C=O) groups is 1. The number of piperazine rings is 1. The summed E-state index contributed by atoms with van der Waals surface area (Å²) in [5.74, 6) is 0.821. The maximum atomic E-state index is 12.7. The number of benzene rings is 1. The summed E-state index contributed by atoms with van der Waals surface area (Å²) in [7, 11) is 3.86. The van der Waals surface area contributed by atoms with E-state index in [1.165, 1.54) is 11.3 Å². The fraction of sp³-hybridized carbons (Fsp3) is 0.368. The van der Waals surface area contributed by atoms with Crippen molar-refractivity contribution in [2.75, 3.05) is 50.1 Å². The lowest BCUT2D eigenvalue weighted by atomic mass is 10.2. The highest BCUT2D eigenvalue weighted by Crippen LogP contribution is 2.19. The van der Waals surface area contributed by atoms with Crippen molar-refractivity contribution in [2.45, 2.75) is 6.92 Å². The lowest BCUT2D eigenvalue weighted by molar-refractivity contribution is 0.0741. The molecule has 1 aliphatic heterocycles. The van der Waals surface area contributed by atoms with Crippen LogP contribution in [0.1, 0.15) is 16.1 Å². The van der Waals surface area contributed by atoms with Gasteiger partial charge in [0.1, 0.15) is 11.5 Å². The Hall–Kier alpha value is -2.56. The smallest absolute Gasteiger partial charge is 0.272 e. The Kier molecular flexibility index (Phi) is 4.69. The fourth-order valence-corrected chi connectivity index (χ4v) is 2.95. The molecule has 2 heterocycles. The Bertz CT molecular complexity index is 721. The molecule has 126 valence electrons. The molecule has 0 spiro atoms. The fourth-order valence-electron chi connectivity index (χ4n) is 2.95. The molecule has 1 saturated heterocycles. The third-order valence-electron chi connectivity index (χ3n) is 4.35. The molecule has 0 saturated carbocycles. The maximum Gasteiger partial charge on any atom is 0.272 e. The lowest BCUT2D eigenvalue weighted by Crippen LogP contribution is -2.49. The van der Waals surface area contributed by atoms with Gasteiger partial charge in [0.2, 0.25) is 0 Å². The number of rotatable bonds is 3. The second kappa shape index (κ2) is 6.91. The standard InChI is InChI=1S/C19H24N4O/c1-15-6-4-7-16(14-15)22-10-12-23(13-11-22)19(24)17-8-5-9-18(20-17)21(2)3/h4-9,14H,10-13H2,1-3H3. The first-order valence-electron chi connectivity index (χ1n) is 8.30. The SMILES string of the molecule is Cc1cccc(N2CCN(C(=O)c3cccc(N(C)C)n3)CC2)c1. The number of pyridine rings is 1. The molecule has 0 radical (unpaired) electrons. The zero-order valence-corrected chi connectivity index (χ0v) is 14.6. The van der Waals surface area contributed by atoms with E-state index in [1.807, 2.05) is 36.0 Å². The normalized spacial score (nSPS) is 14.6. The van der Waals surface area contributed by atoms with Crippen LogP contribution in [0, 0.1) is 6.92 Å². The Balaban J connectivity index is 1.66. The second-order valence-electron chi connectivity index (χ2n) is 6.39. The zero-order chi connectivity index (χ0) is 17.1. The molecular formula is C19H24N4O. The van der Waals surface area contributed by atoms with Gasteiger partial charge in [0.25, 0.3) is 5.91 Å². The Labute approximate surface area is 143 Å². The Morgan fingerprint density at radius 2 is 1.75 bits per heavy atom. The van der Waals surface area contributed by atoms with Gasteiger partial charge in [0.15, 0.2) is 0 Å². The van der Waals surface area contributed by atoms with Crippen LogP contribution in [0.4, 0.5) is 11.5 Å². The number of carbonyl (C=O) groups excluding carboxylic acids is 1. The summed E-state index contributed by atoms with van der Waals surface area (Å²) in [6, 6.07) is 14.1. The molecule has 2 aromatic rings. The summed E-state index contributed by atoms with van der Waals surface area (Å²) in [5.41, 5.74) is 3.01. The van der Waals surface area contributed by atoms with Gasteiger partial charge in [-0.1, -0.05) is 18.2 Å². The van der Waals surface area contributed by atoms with E-state index in [9.17, 15) is 4.79 Å². The number of nitrogens with zero attached hydrogens (tertiary/aromatic N) is 4. The third kappa shape index (κ3) is 3.50. The molecule has 0 unspecified atom stereocenters. The lowest BCUT2D eigenvalue weighted by Gasteiger charge is -2.36. The van der Waals surface area contributed by atoms with Crippen LogP contribution in [0.3, 0.4) is 0 Å². The minimum absolute atomic E-state index is 0.0163. The van der Waals surface area contributed by atoms with Crippen LogP contribution >= 0.6 is 0 Å². The van der Waals surface area contributed by atoms with Crippen LogP contribution in [0.2, 0.25) is 0 Å². The van der Waals surface area contributed by atoms with Crippen LogP contribution in [0.15, 0.2) is 42.5 Å². The molecule has 1 aliphatic rings. The number of anilines is 2. The monoisotopic (exact) mass is 324 g/mol. The molecular weight excluding hydrogens is 300 g/mol. The number of hydrogen-bond acceptors (Lipinski definition) is 4. The van der Waals surface area contributed by atoms with Crippen LogP contribution in [-0.2, 0) is 0 Å². The molecule has 0 N–H and O–H groups in total. The van der Waals surface area contributed by atoms with E-state index < -0.39 is 0 Å². The van der Waals surface area contributed by atoms with Crippen LogP contribution in [0.25, 0.3) is 0 Å². The van der Waals surface area contributed by atoms with E-state index in [0.717, 1.165) is 32.0 Å². The van der Waals surface area contributed by atoms with Gasteiger partial charge in [-0.3, -0.25) is 4.79 Å². The van der Waals surface area contributed by atoms with Crippen molar-refractivity contribution in [2.24, 2.45) is 0 Å². The highest BCUT2D eigenvalue weighted by atomic mass is 16.2. The number of hydrogen-bond donors (Lipinski definition) is 0. The van der Waals surface area contributed by atoms with Gasteiger partial charge in [0, 0.05) is 46.0 Å². The average Bonchev–Trinajstić information content (AvgIpc) is 2.61. The molecule has 0 aliphatic carbocycles. The molecule has 5 heteroatoms. The van der Waals surface area contributed by atoms with Crippen molar-refractivity contribution >= 4 is 17.4 Å². The van der Waals surface area contributed by atoms with E-state index in [0.29, 0.717) is 5.69 Å². The summed E-state index contributed by atoms with van der Waals surface area (Å²) < 4.78 is 0. The molecule has 1 amide bonds. The molecule has 5 nitrogen and oxygen atoms in total. The molecule has 1 fully saturated rings. The van der Waals surface area contributed by atoms with Crippen molar-refractivity contribution in [1.29, 1.82) is 0 Å². The van der Waals surface area contributed by atoms with E-state index >= 15 is 0 Å². The van der Waals surface area contributed by atoms with Crippen molar-refractivity contribution in [3.63, 3.8) is 0 Å². The van der Waals surface area contributed by atoms with Crippen molar-refractivity contribution < 1.29 is 4.79 Å². The molecule has 0 bridgehead atoms. The molecule has 3 rings (SSSR count). The first kappa shape index (κ1) is 16.3. The minimum Gasteiger partial charge on any atom is -0.368 e. The van der Waals surface area contributed by atoms with Gasteiger partial charge in [-0.2, -0.15) is 0 Å². The summed E-state index contributed by atoms with van der Waals surface area (Å²) in [5, 5.41) is 0. The third-order valence-corrected chi connectivity index (χ3v) is 4.35. The number of aromatic nitrogens is 1. The summed E-state index contributed by atoms with van der Waals surface area (Å²) in [4.78, 5) is 23.3. The van der Waals surface area contributed by atoms with E-state index in [4.69, 9.17) is 0 Å².